The van der Waals surface area contributed by atoms with Crippen LogP contribution < -0.4 is 10.6 Å². The predicted molar refractivity (Wildman–Crippen MR) is 109 cm³/mol. The Labute approximate surface area is 166 Å². The summed E-state index contributed by atoms with van der Waals surface area (Å²) >= 11 is 5.97. The number of aryl methyl sites for hydroxylation is 1. The number of nitrogens with one attached hydrogen (secondary N) is 2. The minimum absolute atomic E-state index is 0.171. The van der Waals surface area contributed by atoms with Crippen molar-refractivity contribution in [3.05, 3.63) is 82.5 Å². The number of halogens is 1. The smallest absolute Gasteiger partial charge is 0.256 e. The summed E-state index contributed by atoms with van der Waals surface area (Å²) in [5.41, 5.74) is 3.86. The summed E-state index contributed by atoms with van der Waals surface area (Å²) in [5.74, 6) is 0.364. The first-order valence-electron chi connectivity index (χ1n) is 8.89. The predicted octanol–water partition coefficient (Wildman–Crippen LogP) is 4.24. The Kier molecular flexibility index (Phi) is 3.80. The number of fused-ring (bicyclic) bond motifs is 2. The molecule has 1 atom stereocenters. The van der Waals surface area contributed by atoms with E-state index in [-0.39, 0.29) is 12.1 Å². The van der Waals surface area contributed by atoms with Gasteiger partial charge in [-0.3, -0.25) is 4.79 Å². The number of pyridine rings is 1. The lowest BCUT2D eigenvalue weighted by Crippen LogP contribution is -2.38. The van der Waals surface area contributed by atoms with Gasteiger partial charge >= 0.3 is 0 Å². The molecule has 0 fully saturated rings. The van der Waals surface area contributed by atoms with Crippen LogP contribution in [0.4, 0.5) is 5.82 Å². The first-order valence-corrected chi connectivity index (χ1v) is 9.26. The van der Waals surface area contributed by atoms with Crippen molar-refractivity contribution in [2.45, 2.75) is 13.1 Å². The lowest BCUT2D eigenvalue weighted by atomic mass is 10.1. The highest BCUT2D eigenvalue weighted by Crippen LogP contribution is 2.30. The molecule has 0 saturated heterocycles. The van der Waals surface area contributed by atoms with Gasteiger partial charge in [0.1, 0.15) is 12.0 Å². The maximum atomic E-state index is 12.7. The topological polar surface area (TPSA) is 71.8 Å². The molecule has 0 bridgehead atoms. The Morgan fingerprint density at radius 3 is 2.54 bits per heavy atom. The summed E-state index contributed by atoms with van der Waals surface area (Å²) in [7, 11) is 0. The number of hydrogen-bond acceptors (Lipinski definition) is 4. The van der Waals surface area contributed by atoms with Gasteiger partial charge in [-0.25, -0.2) is 9.67 Å². The van der Waals surface area contributed by atoms with E-state index >= 15 is 0 Å². The molecule has 7 heteroatoms. The number of amides is 1. The van der Waals surface area contributed by atoms with Gasteiger partial charge in [-0.2, -0.15) is 5.10 Å². The molecule has 28 heavy (non-hydrogen) atoms. The average Bonchev–Trinajstić information content (AvgIpc) is 3.04. The first-order chi connectivity index (χ1) is 13.6. The summed E-state index contributed by atoms with van der Waals surface area (Å²) in [5, 5.41) is 12.4. The molecule has 2 N–H and O–H groups in total. The monoisotopic (exact) mass is 389 g/mol. The third-order valence-electron chi connectivity index (χ3n) is 4.85. The first kappa shape index (κ1) is 16.8. The van der Waals surface area contributed by atoms with Crippen LogP contribution in [0.15, 0.2) is 60.7 Å². The lowest BCUT2D eigenvalue weighted by molar-refractivity contribution is 0.0935. The van der Waals surface area contributed by atoms with Crippen LogP contribution in [-0.2, 0) is 0 Å². The summed E-state index contributed by atoms with van der Waals surface area (Å²) < 4.78 is 1.80. The largest absolute Gasteiger partial charge is 0.346 e. The Hall–Kier alpha value is -3.38. The molecule has 6 nitrogen and oxygen atoms in total. The highest BCUT2D eigenvalue weighted by molar-refractivity contribution is 6.30. The van der Waals surface area contributed by atoms with Crippen molar-refractivity contribution < 1.29 is 4.79 Å². The normalized spacial score (nSPS) is 15.8. The van der Waals surface area contributed by atoms with E-state index in [4.69, 9.17) is 16.6 Å². The van der Waals surface area contributed by atoms with Crippen LogP contribution in [0, 0.1) is 6.92 Å². The van der Waals surface area contributed by atoms with Gasteiger partial charge in [-0.15, -0.1) is 0 Å². The van der Waals surface area contributed by atoms with Crippen LogP contribution in [-0.4, -0.2) is 20.7 Å². The van der Waals surface area contributed by atoms with Crippen LogP contribution in [0.5, 0.6) is 0 Å². The third-order valence-corrected chi connectivity index (χ3v) is 5.10. The number of anilines is 1. The van der Waals surface area contributed by atoms with Crippen molar-refractivity contribution in [1.29, 1.82) is 0 Å². The van der Waals surface area contributed by atoms with Crippen molar-refractivity contribution in [2.75, 3.05) is 5.32 Å². The van der Waals surface area contributed by atoms with Gasteiger partial charge in [0, 0.05) is 10.4 Å². The molecule has 2 aromatic heterocycles. The van der Waals surface area contributed by atoms with E-state index in [9.17, 15) is 4.79 Å². The lowest BCUT2D eigenvalue weighted by Gasteiger charge is -2.27. The van der Waals surface area contributed by atoms with E-state index < -0.39 is 0 Å². The molecule has 1 amide bonds. The third kappa shape index (κ3) is 2.70. The number of carbonyl (C=O) groups excluding carboxylic acids is 1. The zero-order chi connectivity index (χ0) is 19.3. The molecule has 4 aromatic rings. The quantitative estimate of drug-likeness (QED) is 0.538. The Morgan fingerprint density at radius 1 is 1.04 bits per heavy atom. The Morgan fingerprint density at radius 2 is 1.79 bits per heavy atom. The fourth-order valence-corrected chi connectivity index (χ4v) is 3.54. The molecule has 2 aromatic carbocycles. The van der Waals surface area contributed by atoms with Gasteiger partial charge in [0.25, 0.3) is 5.91 Å². The second kappa shape index (κ2) is 6.35. The molecule has 0 aliphatic carbocycles. The highest BCUT2D eigenvalue weighted by atomic mass is 35.5. The van der Waals surface area contributed by atoms with Crippen molar-refractivity contribution in [3.8, 4) is 5.69 Å². The van der Waals surface area contributed by atoms with Gasteiger partial charge < -0.3 is 10.6 Å². The van der Waals surface area contributed by atoms with Gasteiger partial charge in [0.2, 0.25) is 0 Å². The molecule has 5 rings (SSSR count). The molecule has 0 saturated carbocycles. The molecule has 1 aliphatic heterocycles. The molecule has 0 unspecified atom stereocenters. The van der Waals surface area contributed by atoms with E-state index in [0.29, 0.717) is 22.1 Å². The van der Waals surface area contributed by atoms with E-state index in [2.05, 4.69) is 15.7 Å². The molecule has 138 valence electrons. The van der Waals surface area contributed by atoms with Crippen LogP contribution in [0.2, 0.25) is 5.02 Å². The fraction of sp³-hybridized carbons (Fsp3) is 0.0952. The SMILES string of the molecule is Cc1nn(-c2ccccc2)c2nc3c(cc12)C(=O)N[C@H](c1ccc(Cl)cc1)N3. The number of carbonyl (C=O) groups is 1. The maximum Gasteiger partial charge on any atom is 0.256 e. The van der Waals surface area contributed by atoms with E-state index in [0.717, 1.165) is 22.3 Å². The number of aromatic nitrogens is 3. The maximum absolute atomic E-state index is 12.7. The minimum Gasteiger partial charge on any atom is -0.346 e. The van der Waals surface area contributed by atoms with Gasteiger partial charge in [0.05, 0.1) is 16.9 Å². The summed E-state index contributed by atoms with van der Waals surface area (Å²) in [4.78, 5) is 17.5. The Balaban J connectivity index is 1.63. The summed E-state index contributed by atoms with van der Waals surface area (Å²) in [6.07, 6.45) is -0.378. The van der Waals surface area contributed by atoms with Crippen LogP contribution in [0.3, 0.4) is 0 Å². The molecule has 3 heterocycles. The van der Waals surface area contributed by atoms with Crippen LogP contribution >= 0.6 is 11.6 Å². The highest BCUT2D eigenvalue weighted by Gasteiger charge is 2.27. The molecular formula is C21H16ClN5O. The fourth-order valence-electron chi connectivity index (χ4n) is 3.42. The second-order valence-electron chi connectivity index (χ2n) is 6.69. The van der Waals surface area contributed by atoms with Crippen molar-refractivity contribution in [3.63, 3.8) is 0 Å². The van der Waals surface area contributed by atoms with Crippen LogP contribution in [0.25, 0.3) is 16.7 Å². The van der Waals surface area contributed by atoms with Gasteiger partial charge in [0.15, 0.2) is 5.65 Å². The zero-order valence-corrected chi connectivity index (χ0v) is 15.7. The van der Waals surface area contributed by atoms with E-state index in [1.165, 1.54) is 0 Å². The van der Waals surface area contributed by atoms with Gasteiger partial charge in [-0.05, 0) is 42.8 Å². The summed E-state index contributed by atoms with van der Waals surface area (Å²) in [6, 6.07) is 19.0. The van der Waals surface area contributed by atoms with E-state index in [1.54, 1.807) is 16.8 Å². The van der Waals surface area contributed by atoms with Crippen molar-refractivity contribution >= 4 is 34.4 Å². The second-order valence-corrected chi connectivity index (χ2v) is 7.13. The van der Waals surface area contributed by atoms with Crippen molar-refractivity contribution in [2.24, 2.45) is 0 Å². The minimum atomic E-state index is -0.378. The van der Waals surface area contributed by atoms with Crippen LogP contribution in [0.1, 0.15) is 27.8 Å². The number of nitrogens with zero attached hydrogens (tertiary/aromatic N) is 3. The average molecular weight is 390 g/mol. The molecular weight excluding hydrogens is 374 g/mol. The molecule has 1 aliphatic rings. The van der Waals surface area contributed by atoms with E-state index in [1.807, 2.05) is 55.5 Å². The number of rotatable bonds is 2. The van der Waals surface area contributed by atoms with Crippen molar-refractivity contribution in [1.82, 2.24) is 20.1 Å². The molecule has 0 spiro atoms. The molecule has 0 radical (unpaired) electrons. The Bertz CT molecular complexity index is 1200. The van der Waals surface area contributed by atoms with Gasteiger partial charge in [-0.1, -0.05) is 41.9 Å². The summed E-state index contributed by atoms with van der Waals surface area (Å²) in [6.45, 7) is 1.92. The number of para-hydroxylation sites is 1. The number of benzene rings is 2. The number of hydrogen-bond donors (Lipinski definition) is 2. The standard InChI is InChI=1S/C21H16ClN5O/c1-12-16-11-17-19(24-20(16)27(26-12)15-5-3-2-4-6-15)23-18(25-21(17)28)13-7-9-14(22)10-8-13/h2-11,18H,1H3,(H,23,24)(H,25,28)/t18-/m1/s1. The zero-order valence-electron chi connectivity index (χ0n) is 15.0.